The number of nitrogens with two attached hydrogens (primary N) is 1. The Labute approximate surface area is 240 Å². The monoisotopic (exact) mass is 604 g/mol. The third-order valence-electron chi connectivity index (χ3n) is 8.19. The van der Waals surface area contributed by atoms with Crippen LogP contribution < -0.4 is 11.1 Å². The summed E-state index contributed by atoms with van der Waals surface area (Å²) in [6.07, 6.45) is 3.84. The highest BCUT2D eigenvalue weighted by Gasteiger charge is 2.41. The lowest BCUT2D eigenvalue weighted by Gasteiger charge is -2.42. The number of carbonyl (C=O) groups excluding carboxylic acids is 2. The number of benzene rings is 1. The van der Waals surface area contributed by atoms with Crippen molar-refractivity contribution in [2.45, 2.75) is 87.7 Å². The van der Waals surface area contributed by atoms with Crippen molar-refractivity contribution in [3.63, 3.8) is 0 Å². The second kappa shape index (κ2) is 13.2. The van der Waals surface area contributed by atoms with Gasteiger partial charge in [-0.2, -0.15) is 4.31 Å². The van der Waals surface area contributed by atoms with Crippen molar-refractivity contribution in [2.24, 2.45) is 11.7 Å². The van der Waals surface area contributed by atoms with Crippen molar-refractivity contribution in [2.75, 3.05) is 19.6 Å². The van der Waals surface area contributed by atoms with Gasteiger partial charge in [-0.05, 0) is 69.1 Å². The molecule has 1 aromatic carbocycles. The Kier molecular flexibility index (Phi) is 10.7. The molecule has 0 saturated carbocycles. The summed E-state index contributed by atoms with van der Waals surface area (Å²) in [6, 6.07) is 1.49. The van der Waals surface area contributed by atoms with E-state index in [0.29, 0.717) is 25.4 Å². The van der Waals surface area contributed by atoms with Gasteiger partial charge < -0.3 is 21.1 Å². The first-order valence-electron chi connectivity index (χ1n) is 13.4. The van der Waals surface area contributed by atoms with E-state index in [1.54, 1.807) is 4.90 Å². The standard InChI is InChI=1S/C26H38Cl2N4O6S/c1-3-26(29,4-2)17-9-12-31(13-10-17)23(33)8-7-21(25(35)36)30-24(34)22-6-5-11-32(22)39(37,38)20-15-18(27)14-19(28)16-20/h14-17,21-22H,3-13,29H2,1-2H3,(H,30,34)(H,35,36)/t21-,22-/m0/s1. The van der Waals surface area contributed by atoms with Crippen molar-refractivity contribution in [3.05, 3.63) is 28.2 Å². The number of hydrogen-bond acceptors (Lipinski definition) is 6. The van der Waals surface area contributed by atoms with Crippen LogP contribution >= 0.6 is 23.2 Å². The molecule has 0 aromatic heterocycles. The Morgan fingerprint density at radius 2 is 1.67 bits per heavy atom. The summed E-state index contributed by atoms with van der Waals surface area (Å²) in [5.41, 5.74) is 6.30. The van der Waals surface area contributed by atoms with Crippen LogP contribution in [0.3, 0.4) is 0 Å². The van der Waals surface area contributed by atoms with Crippen LogP contribution in [0, 0.1) is 5.92 Å². The molecule has 39 heavy (non-hydrogen) atoms. The second-order valence-electron chi connectivity index (χ2n) is 10.4. The minimum Gasteiger partial charge on any atom is -0.480 e. The lowest BCUT2D eigenvalue weighted by molar-refractivity contribution is -0.143. The molecule has 0 spiro atoms. The number of carboxylic acids is 1. The molecule has 0 radical (unpaired) electrons. The van der Waals surface area contributed by atoms with Gasteiger partial charge in [0.05, 0.1) is 4.90 Å². The SMILES string of the molecule is CCC(N)(CC)C1CCN(C(=O)CC[C@H](NC(=O)[C@@H]2CCCN2S(=O)(=O)c2cc(Cl)cc(Cl)c2)C(=O)O)CC1. The lowest BCUT2D eigenvalue weighted by atomic mass is 9.75. The number of rotatable bonds is 11. The predicted octanol–water partition coefficient (Wildman–Crippen LogP) is 3.25. The molecule has 0 bridgehead atoms. The number of carbonyl (C=O) groups is 3. The summed E-state index contributed by atoms with van der Waals surface area (Å²) in [5.74, 6) is -1.85. The van der Waals surface area contributed by atoms with Gasteiger partial charge in [0, 0.05) is 41.6 Å². The van der Waals surface area contributed by atoms with Crippen molar-refractivity contribution in [3.8, 4) is 0 Å². The molecule has 218 valence electrons. The maximum absolute atomic E-state index is 13.2. The van der Waals surface area contributed by atoms with Crippen LogP contribution in [0.4, 0.5) is 0 Å². The molecule has 2 saturated heterocycles. The van der Waals surface area contributed by atoms with Crippen LogP contribution in [-0.4, -0.2) is 77.8 Å². The van der Waals surface area contributed by atoms with E-state index in [1.807, 2.05) is 0 Å². The highest BCUT2D eigenvalue weighted by molar-refractivity contribution is 7.89. The zero-order valence-corrected chi connectivity index (χ0v) is 24.7. The number of carboxylic acid groups (broad SMARTS) is 1. The van der Waals surface area contributed by atoms with E-state index >= 15 is 0 Å². The Hall–Kier alpha value is -1.92. The van der Waals surface area contributed by atoms with Crippen LogP contribution in [0.5, 0.6) is 0 Å². The molecule has 4 N–H and O–H groups in total. The number of halogens is 2. The fourth-order valence-corrected chi connectivity index (χ4v) is 7.97. The van der Waals surface area contributed by atoms with E-state index in [4.69, 9.17) is 28.9 Å². The van der Waals surface area contributed by atoms with Gasteiger partial charge in [0.2, 0.25) is 21.8 Å². The van der Waals surface area contributed by atoms with Crippen LogP contribution in [-0.2, 0) is 24.4 Å². The minimum absolute atomic E-state index is 0.0507. The average Bonchev–Trinajstić information content (AvgIpc) is 3.41. The van der Waals surface area contributed by atoms with Gasteiger partial charge in [-0.1, -0.05) is 37.0 Å². The van der Waals surface area contributed by atoms with E-state index in [-0.39, 0.29) is 52.2 Å². The third kappa shape index (κ3) is 7.43. The summed E-state index contributed by atoms with van der Waals surface area (Å²) >= 11 is 11.9. The molecule has 2 amide bonds. The number of likely N-dealkylation sites (tertiary alicyclic amines) is 1. The lowest BCUT2D eigenvalue weighted by Crippen LogP contribution is -2.52. The highest BCUT2D eigenvalue weighted by Crippen LogP contribution is 2.32. The fraction of sp³-hybridized carbons (Fsp3) is 0.654. The topological polar surface area (TPSA) is 150 Å². The molecule has 3 rings (SSSR count). The number of nitrogens with one attached hydrogen (secondary N) is 1. The maximum Gasteiger partial charge on any atom is 0.326 e. The summed E-state index contributed by atoms with van der Waals surface area (Å²) in [4.78, 5) is 39.4. The highest BCUT2D eigenvalue weighted by atomic mass is 35.5. The number of sulfonamides is 1. The Bertz CT molecular complexity index is 1150. The summed E-state index contributed by atoms with van der Waals surface area (Å²) in [5, 5.41) is 12.4. The van der Waals surface area contributed by atoms with Gasteiger partial charge in [-0.3, -0.25) is 9.59 Å². The minimum atomic E-state index is -4.11. The zero-order valence-electron chi connectivity index (χ0n) is 22.4. The van der Waals surface area contributed by atoms with Crippen molar-refractivity contribution >= 4 is 51.0 Å². The molecule has 2 atom stereocenters. The number of piperidine rings is 1. The summed E-state index contributed by atoms with van der Waals surface area (Å²) in [6.45, 7) is 5.38. The predicted molar refractivity (Wildman–Crippen MR) is 149 cm³/mol. The molecular weight excluding hydrogens is 567 g/mol. The van der Waals surface area contributed by atoms with E-state index in [2.05, 4.69) is 19.2 Å². The van der Waals surface area contributed by atoms with Gasteiger partial charge in [0.15, 0.2) is 0 Å². The molecule has 2 heterocycles. The first-order valence-corrected chi connectivity index (χ1v) is 15.6. The van der Waals surface area contributed by atoms with E-state index in [1.165, 1.54) is 18.2 Å². The zero-order chi connectivity index (χ0) is 29.0. The van der Waals surface area contributed by atoms with Crippen molar-refractivity contribution in [1.82, 2.24) is 14.5 Å². The van der Waals surface area contributed by atoms with Gasteiger partial charge in [-0.15, -0.1) is 0 Å². The molecule has 1 aromatic rings. The van der Waals surface area contributed by atoms with Crippen molar-refractivity contribution in [1.29, 1.82) is 0 Å². The number of aliphatic carboxylic acids is 1. The van der Waals surface area contributed by atoms with Gasteiger partial charge >= 0.3 is 5.97 Å². The van der Waals surface area contributed by atoms with Gasteiger partial charge in [0.25, 0.3) is 0 Å². The van der Waals surface area contributed by atoms with Crippen molar-refractivity contribution < 1.29 is 27.9 Å². The average molecular weight is 606 g/mol. The van der Waals surface area contributed by atoms with Crippen LogP contribution in [0.1, 0.15) is 65.2 Å². The van der Waals surface area contributed by atoms with E-state index < -0.39 is 34.0 Å². The Morgan fingerprint density at radius 3 is 2.21 bits per heavy atom. The van der Waals surface area contributed by atoms with E-state index in [9.17, 15) is 27.9 Å². The van der Waals surface area contributed by atoms with Crippen LogP contribution in [0.25, 0.3) is 0 Å². The molecule has 2 aliphatic heterocycles. The number of amides is 2. The van der Waals surface area contributed by atoms with Crippen LogP contribution in [0.2, 0.25) is 10.0 Å². The first-order chi connectivity index (χ1) is 18.3. The molecule has 13 heteroatoms. The van der Waals surface area contributed by atoms with Gasteiger partial charge in [-0.25, -0.2) is 13.2 Å². The van der Waals surface area contributed by atoms with E-state index in [0.717, 1.165) is 30.0 Å². The molecule has 2 aliphatic rings. The fourth-order valence-electron chi connectivity index (χ4n) is 5.59. The third-order valence-corrected chi connectivity index (χ3v) is 10.5. The number of hydrogen-bond donors (Lipinski definition) is 3. The normalized spacial score (nSPS) is 20.1. The Morgan fingerprint density at radius 1 is 1.08 bits per heavy atom. The second-order valence-corrected chi connectivity index (χ2v) is 13.2. The molecule has 0 aliphatic carbocycles. The van der Waals surface area contributed by atoms with Gasteiger partial charge in [0.1, 0.15) is 12.1 Å². The Balaban J connectivity index is 1.60. The summed E-state index contributed by atoms with van der Waals surface area (Å²) < 4.78 is 27.5. The quantitative estimate of drug-likeness (QED) is 0.351. The molecule has 0 unspecified atom stereocenters. The molecule has 2 fully saturated rings. The summed E-state index contributed by atoms with van der Waals surface area (Å²) in [7, 11) is -4.11. The molecular formula is C26H38Cl2N4O6S. The smallest absolute Gasteiger partial charge is 0.326 e. The maximum atomic E-state index is 13.2. The number of nitrogens with zero attached hydrogens (tertiary/aromatic N) is 2. The largest absolute Gasteiger partial charge is 0.480 e. The molecule has 10 nitrogen and oxygen atoms in total. The first kappa shape index (κ1) is 31.6. The van der Waals surface area contributed by atoms with Crippen LogP contribution in [0.15, 0.2) is 23.1 Å².